The molecule has 0 spiro atoms. The van der Waals surface area contributed by atoms with Gasteiger partial charge in [0.1, 0.15) is 0 Å². The molecule has 1 atom stereocenters. The molecule has 0 heterocycles. The zero-order valence-electron chi connectivity index (χ0n) is 8.59. The van der Waals surface area contributed by atoms with Crippen LogP contribution in [0.5, 0.6) is 0 Å². The quantitative estimate of drug-likeness (QED) is 0.586. The van der Waals surface area contributed by atoms with E-state index in [1.54, 1.807) is 27.7 Å². The molecular weight excluding hydrogens is 190 g/mol. The minimum absolute atomic E-state index is 0.250. The summed E-state index contributed by atoms with van der Waals surface area (Å²) in [7, 11) is -3.43. The lowest BCUT2D eigenvalue weighted by molar-refractivity contribution is 0.477. The standard InChI is InChI=1S/C7H19N3O2S/c1-6(5-8)9-13(11,12)10-7(2,3)4/h6,9-10H,5,8H2,1-4H3/t6-/m1/s1. The molecular formula is C7H19N3O2S. The van der Waals surface area contributed by atoms with Crippen LogP contribution in [0.4, 0.5) is 0 Å². The summed E-state index contributed by atoms with van der Waals surface area (Å²) in [5.41, 5.74) is 4.82. The number of hydrogen-bond acceptors (Lipinski definition) is 3. The molecule has 0 fully saturated rings. The van der Waals surface area contributed by atoms with E-state index in [-0.39, 0.29) is 12.6 Å². The van der Waals surface area contributed by atoms with Crippen molar-refractivity contribution < 1.29 is 8.42 Å². The maximum atomic E-state index is 11.3. The second-order valence-electron chi connectivity index (χ2n) is 4.11. The monoisotopic (exact) mass is 209 g/mol. The summed E-state index contributed by atoms with van der Waals surface area (Å²) in [5, 5.41) is 0. The molecule has 0 aliphatic heterocycles. The summed E-state index contributed by atoms with van der Waals surface area (Å²) < 4.78 is 27.5. The molecule has 0 aliphatic carbocycles. The van der Waals surface area contributed by atoms with Crippen LogP contribution in [0.25, 0.3) is 0 Å². The zero-order valence-corrected chi connectivity index (χ0v) is 9.40. The molecule has 0 aromatic rings. The number of nitrogens with one attached hydrogen (secondary N) is 2. The topological polar surface area (TPSA) is 84.2 Å². The third-order valence-electron chi connectivity index (χ3n) is 1.15. The van der Waals surface area contributed by atoms with Crippen molar-refractivity contribution in [2.24, 2.45) is 5.73 Å². The third kappa shape index (κ3) is 6.94. The molecule has 0 aromatic heterocycles. The van der Waals surface area contributed by atoms with E-state index in [1.807, 2.05) is 0 Å². The fourth-order valence-corrected chi connectivity index (χ4v) is 2.24. The van der Waals surface area contributed by atoms with Gasteiger partial charge in [-0.1, -0.05) is 0 Å². The Morgan fingerprint density at radius 2 is 1.85 bits per heavy atom. The van der Waals surface area contributed by atoms with Gasteiger partial charge in [0, 0.05) is 18.1 Å². The minimum Gasteiger partial charge on any atom is -0.329 e. The van der Waals surface area contributed by atoms with Gasteiger partial charge >= 0.3 is 0 Å². The normalized spacial score (nSPS) is 15.8. The molecule has 0 bridgehead atoms. The Balaban J connectivity index is 4.27. The molecule has 0 amide bonds. The average Bonchev–Trinajstić information content (AvgIpc) is 1.80. The van der Waals surface area contributed by atoms with E-state index in [0.717, 1.165) is 0 Å². The van der Waals surface area contributed by atoms with E-state index < -0.39 is 15.7 Å². The molecule has 0 radical (unpaired) electrons. The van der Waals surface area contributed by atoms with Gasteiger partial charge in [-0.3, -0.25) is 0 Å². The van der Waals surface area contributed by atoms with Crippen molar-refractivity contribution in [3.05, 3.63) is 0 Å². The highest BCUT2D eigenvalue weighted by atomic mass is 32.2. The fraction of sp³-hybridized carbons (Fsp3) is 1.00. The van der Waals surface area contributed by atoms with Gasteiger partial charge in [0.2, 0.25) is 0 Å². The molecule has 4 N–H and O–H groups in total. The highest BCUT2D eigenvalue weighted by Crippen LogP contribution is 2.00. The lowest BCUT2D eigenvalue weighted by Crippen LogP contribution is -2.50. The predicted molar refractivity (Wildman–Crippen MR) is 53.5 cm³/mol. The first-order valence-corrected chi connectivity index (χ1v) is 5.66. The molecule has 0 unspecified atom stereocenters. The van der Waals surface area contributed by atoms with Gasteiger partial charge in [-0.05, 0) is 27.7 Å². The second kappa shape index (κ2) is 4.36. The fourth-order valence-electron chi connectivity index (χ4n) is 0.746. The second-order valence-corrected chi connectivity index (χ2v) is 5.56. The van der Waals surface area contributed by atoms with E-state index in [1.165, 1.54) is 0 Å². The van der Waals surface area contributed by atoms with Crippen molar-refractivity contribution in [3.63, 3.8) is 0 Å². The molecule has 0 saturated carbocycles. The average molecular weight is 209 g/mol. The lowest BCUT2D eigenvalue weighted by atomic mass is 10.1. The smallest absolute Gasteiger partial charge is 0.277 e. The Labute approximate surface area is 80.3 Å². The summed E-state index contributed by atoms with van der Waals surface area (Å²) in [5.74, 6) is 0. The highest BCUT2D eigenvalue weighted by Gasteiger charge is 2.20. The highest BCUT2D eigenvalue weighted by molar-refractivity contribution is 7.87. The third-order valence-corrected chi connectivity index (χ3v) is 2.74. The van der Waals surface area contributed by atoms with Crippen molar-refractivity contribution in [1.82, 2.24) is 9.44 Å². The molecule has 13 heavy (non-hydrogen) atoms. The van der Waals surface area contributed by atoms with E-state index >= 15 is 0 Å². The van der Waals surface area contributed by atoms with Crippen molar-refractivity contribution in [2.75, 3.05) is 6.54 Å². The first-order valence-electron chi connectivity index (χ1n) is 4.17. The molecule has 0 saturated heterocycles. The first-order chi connectivity index (χ1) is 5.66. The van der Waals surface area contributed by atoms with Gasteiger partial charge < -0.3 is 5.73 Å². The van der Waals surface area contributed by atoms with Gasteiger partial charge in [-0.2, -0.15) is 17.9 Å². The summed E-state index contributed by atoms with van der Waals surface area (Å²) in [6.45, 7) is 7.32. The predicted octanol–water partition coefficient (Wildman–Crippen LogP) is -0.444. The molecule has 5 nitrogen and oxygen atoms in total. The van der Waals surface area contributed by atoms with Crippen LogP contribution in [0.3, 0.4) is 0 Å². The zero-order chi connectivity index (χ0) is 10.7. The Kier molecular flexibility index (Phi) is 4.31. The van der Waals surface area contributed by atoms with E-state index in [0.29, 0.717) is 0 Å². The number of hydrogen-bond donors (Lipinski definition) is 3. The SMILES string of the molecule is C[C@H](CN)NS(=O)(=O)NC(C)(C)C. The van der Waals surface area contributed by atoms with E-state index in [9.17, 15) is 8.42 Å². The molecule has 0 aliphatic rings. The van der Waals surface area contributed by atoms with Crippen LogP contribution in [0.2, 0.25) is 0 Å². The number of rotatable bonds is 4. The van der Waals surface area contributed by atoms with Crippen LogP contribution in [0, 0.1) is 0 Å². The summed E-state index contributed by atoms with van der Waals surface area (Å²) in [6.07, 6.45) is 0. The summed E-state index contributed by atoms with van der Waals surface area (Å²) in [4.78, 5) is 0. The van der Waals surface area contributed by atoms with Crippen LogP contribution < -0.4 is 15.2 Å². The van der Waals surface area contributed by atoms with Crippen LogP contribution in [-0.2, 0) is 10.2 Å². The van der Waals surface area contributed by atoms with Crippen molar-refractivity contribution in [1.29, 1.82) is 0 Å². The molecule has 0 aromatic carbocycles. The molecule has 80 valence electrons. The van der Waals surface area contributed by atoms with Gasteiger partial charge in [0.15, 0.2) is 0 Å². The van der Waals surface area contributed by atoms with Crippen molar-refractivity contribution >= 4 is 10.2 Å². The van der Waals surface area contributed by atoms with E-state index in [4.69, 9.17) is 5.73 Å². The number of nitrogens with two attached hydrogens (primary N) is 1. The van der Waals surface area contributed by atoms with E-state index in [2.05, 4.69) is 9.44 Å². The molecule has 0 rings (SSSR count). The minimum atomic E-state index is -3.43. The maximum Gasteiger partial charge on any atom is 0.277 e. The van der Waals surface area contributed by atoms with Gasteiger partial charge in [0.05, 0.1) is 0 Å². The van der Waals surface area contributed by atoms with Gasteiger partial charge in [-0.25, -0.2) is 0 Å². The lowest BCUT2D eigenvalue weighted by Gasteiger charge is -2.22. The molecule has 6 heteroatoms. The maximum absolute atomic E-state index is 11.3. The van der Waals surface area contributed by atoms with Crippen molar-refractivity contribution in [2.45, 2.75) is 39.3 Å². The summed E-state index contributed by atoms with van der Waals surface area (Å²) in [6, 6.07) is -0.250. The Hall–Kier alpha value is -0.170. The van der Waals surface area contributed by atoms with Crippen LogP contribution in [-0.4, -0.2) is 26.5 Å². The Morgan fingerprint density at radius 1 is 1.38 bits per heavy atom. The van der Waals surface area contributed by atoms with Crippen LogP contribution >= 0.6 is 0 Å². The van der Waals surface area contributed by atoms with Gasteiger partial charge in [-0.15, -0.1) is 0 Å². The summed E-state index contributed by atoms with van der Waals surface area (Å²) >= 11 is 0. The van der Waals surface area contributed by atoms with Crippen LogP contribution in [0.15, 0.2) is 0 Å². The first kappa shape index (κ1) is 12.8. The van der Waals surface area contributed by atoms with Crippen molar-refractivity contribution in [3.8, 4) is 0 Å². The van der Waals surface area contributed by atoms with Gasteiger partial charge in [0.25, 0.3) is 10.2 Å². The largest absolute Gasteiger partial charge is 0.329 e. The Morgan fingerprint density at radius 3 is 2.15 bits per heavy atom. The Bertz CT molecular complexity index is 243. The van der Waals surface area contributed by atoms with Crippen LogP contribution in [0.1, 0.15) is 27.7 Å².